The van der Waals surface area contributed by atoms with Crippen LogP contribution in [0.4, 0.5) is 0 Å². The molecule has 0 radical (unpaired) electrons. The van der Waals surface area contributed by atoms with Gasteiger partial charge < -0.3 is 23.7 Å². The van der Waals surface area contributed by atoms with Crippen molar-refractivity contribution in [1.82, 2.24) is 9.55 Å². The third-order valence-corrected chi connectivity index (χ3v) is 6.92. The van der Waals surface area contributed by atoms with E-state index in [1.165, 1.54) is 24.3 Å². The Morgan fingerprint density at radius 1 is 0.756 bits per heavy atom. The van der Waals surface area contributed by atoms with Crippen LogP contribution in [0.5, 0.6) is 0 Å². The number of nitrogens with zero attached hydrogens (tertiary/aromatic N) is 2. The largest absolute Gasteiger partial charge is 0.464 e. The average Bonchev–Trinajstić information content (AvgIpc) is 3.40. The Kier molecular flexibility index (Phi) is 9.66. The van der Waals surface area contributed by atoms with Crippen molar-refractivity contribution in [3.8, 4) is 0 Å². The van der Waals surface area contributed by atoms with Crippen LogP contribution in [0.1, 0.15) is 47.8 Å². The van der Waals surface area contributed by atoms with Gasteiger partial charge in [0.1, 0.15) is 17.9 Å². The minimum atomic E-state index is -1.52. The van der Waals surface area contributed by atoms with E-state index in [0.717, 1.165) is 17.9 Å². The number of carbonyl (C=O) groups excluding carboxylic acids is 4. The predicted octanol–water partition coefficient (Wildman–Crippen LogP) is 3.89. The van der Waals surface area contributed by atoms with Crippen LogP contribution in [0.2, 0.25) is 5.15 Å². The van der Waals surface area contributed by atoms with Gasteiger partial charge in [-0.2, -0.15) is 0 Å². The van der Waals surface area contributed by atoms with Crippen molar-refractivity contribution in [3.05, 3.63) is 135 Å². The quantitative estimate of drug-likeness (QED) is 0.195. The molecule has 0 saturated carbocycles. The molecule has 0 N–H and O–H groups in total. The average molecular weight is 633 g/mol. The molecule has 0 bridgehead atoms. The minimum absolute atomic E-state index is 0.152. The second kappa shape index (κ2) is 14.0. The second-order valence-electron chi connectivity index (χ2n) is 9.62. The molecular formula is C32H25ClN2O10. The molecule has 1 saturated heterocycles. The maximum atomic E-state index is 13.4. The normalized spacial score (nSPS) is 18.9. The Labute approximate surface area is 261 Å². The summed E-state index contributed by atoms with van der Waals surface area (Å²) in [4.78, 5) is 68.9. The number of aromatic nitrogens is 2. The number of carbonyl (C=O) groups is 4. The van der Waals surface area contributed by atoms with Crippen molar-refractivity contribution >= 4 is 35.5 Å². The zero-order chi connectivity index (χ0) is 31.9. The fraction of sp³-hybridized carbons (Fsp3) is 0.188. The van der Waals surface area contributed by atoms with E-state index in [1.54, 1.807) is 66.7 Å². The van der Waals surface area contributed by atoms with Gasteiger partial charge in [-0.15, -0.1) is 0 Å². The standard InChI is InChI=1S/C32H25ClN2O10/c1-41-32(40)24-27(36)35(17-23(33)34-24)28-26(45-31(39)21-15-9-4-10-16-21)25(44-30(38)20-13-7-3-8-14-20)22(43-28)18-42-29(37)19-11-5-2-6-12-19/h2-17,22,25-26,28H,18H2,1H3/t22-,25-,26+,28+/m0/s1. The van der Waals surface area contributed by atoms with E-state index in [2.05, 4.69) is 9.72 Å². The Bertz CT molecular complexity index is 1750. The van der Waals surface area contributed by atoms with Gasteiger partial charge in [-0.05, 0) is 36.4 Å². The van der Waals surface area contributed by atoms with E-state index in [-0.39, 0.29) is 21.8 Å². The van der Waals surface area contributed by atoms with E-state index >= 15 is 0 Å². The number of ether oxygens (including phenoxy) is 5. The highest BCUT2D eigenvalue weighted by Gasteiger charge is 2.52. The molecule has 3 aromatic carbocycles. The fourth-order valence-corrected chi connectivity index (χ4v) is 4.77. The third kappa shape index (κ3) is 7.08. The number of rotatable bonds is 9. The molecule has 0 aliphatic carbocycles. The minimum Gasteiger partial charge on any atom is -0.464 e. The van der Waals surface area contributed by atoms with Crippen molar-refractivity contribution in [2.45, 2.75) is 24.5 Å². The van der Waals surface area contributed by atoms with E-state index < -0.39 is 66.3 Å². The smallest absolute Gasteiger partial charge is 0.362 e. The summed E-state index contributed by atoms with van der Waals surface area (Å²) in [5, 5.41) is -0.288. The van der Waals surface area contributed by atoms with Gasteiger partial charge >= 0.3 is 23.9 Å². The highest BCUT2D eigenvalue weighted by atomic mass is 35.5. The molecule has 5 rings (SSSR count). The van der Waals surface area contributed by atoms with Crippen LogP contribution in [-0.2, 0) is 23.7 Å². The molecule has 4 aromatic rings. The summed E-state index contributed by atoms with van der Waals surface area (Å²) in [6.45, 7) is -0.478. The predicted molar refractivity (Wildman–Crippen MR) is 157 cm³/mol. The van der Waals surface area contributed by atoms with E-state index in [1.807, 2.05) is 0 Å². The number of hydrogen-bond acceptors (Lipinski definition) is 11. The van der Waals surface area contributed by atoms with E-state index in [0.29, 0.717) is 0 Å². The van der Waals surface area contributed by atoms with Crippen LogP contribution < -0.4 is 5.56 Å². The lowest BCUT2D eigenvalue weighted by molar-refractivity contribution is -0.0636. The summed E-state index contributed by atoms with van der Waals surface area (Å²) in [5.74, 6) is -3.42. The summed E-state index contributed by atoms with van der Waals surface area (Å²) in [7, 11) is 1.06. The number of esters is 4. The highest BCUT2D eigenvalue weighted by molar-refractivity contribution is 6.29. The number of halogens is 1. The summed E-state index contributed by atoms with van der Waals surface area (Å²) in [6, 6.07) is 24.1. The molecule has 1 aliphatic rings. The lowest BCUT2D eigenvalue weighted by atomic mass is 10.1. The first kappa shape index (κ1) is 31.1. The summed E-state index contributed by atoms with van der Waals surface area (Å²) in [6.07, 6.45) is -4.64. The SMILES string of the molecule is COC(=O)c1nc(Cl)cn([C@@H]2O[C@@H](COC(=O)c3ccccc3)[C@H](OC(=O)c3ccccc3)[C@H]2OC(=O)c2ccccc2)c1=O. The van der Waals surface area contributed by atoms with Crippen molar-refractivity contribution < 1.29 is 42.9 Å². The summed E-state index contributed by atoms with van der Waals surface area (Å²) in [5.41, 5.74) is -1.09. The van der Waals surface area contributed by atoms with Crippen LogP contribution in [0.15, 0.2) is 102 Å². The van der Waals surface area contributed by atoms with Crippen molar-refractivity contribution in [1.29, 1.82) is 0 Å². The molecule has 0 unspecified atom stereocenters. The number of benzene rings is 3. The van der Waals surface area contributed by atoms with E-state index in [4.69, 9.17) is 30.5 Å². The first-order chi connectivity index (χ1) is 21.8. The van der Waals surface area contributed by atoms with Gasteiger partial charge in [-0.25, -0.2) is 24.2 Å². The topological polar surface area (TPSA) is 149 Å². The fourth-order valence-electron chi connectivity index (χ4n) is 4.58. The first-order valence-electron chi connectivity index (χ1n) is 13.5. The van der Waals surface area contributed by atoms with Crippen LogP contribution >= 0.6 is 11.6 Å². The van der Waals surface area contributed by atoms with Crippen LogP contribution in [0.25, 0.3) is 0 Å². The molecule has 13 heteroatoms. The Morgan fingerprint density at radius 2 is 1.24 bits per heavy atom. The zero-order valence-corrected chi connectivity index (χ0v) is 24.4. The summed E-state index contributed by atoms with van der Waals surface area (Å²) < 4.78 is 28.8. The zero-order valence-electron chi connectivity index (χ0n) is 23.6. The van der Waals surface area contributed by atoms with Gasteiger partial charge in [0.15, 0.2) is 18.4 Å². The molecule has 4 atom stereocenters. The van der Waals surface area contributed by atoms with Gasteiger partial charge in [0.2, 0.25) is 5.69 Å². The molecular weight excluding hydrogens is 608 g/mol. The van der Waals surface area contributed by atoms with E-state index in [9.17, 15) is 24.0 Å². The molecule has 12 nitrogen and oxygen atoms in total. The number of hydrogen-bond donors (Lipinski definition) is 0. The Hall–Kier alpha value is -5.33. The number of methoxy groups -OCH3 is 1. The Morgan fingerprint density at radius 3 is 1.76 bits per heavy atom. The molecule has 1 aliphatic heterocycles. The molecule has 2 heterocycles. The van der Waals surface area contributed by atoms with Gasteiger partial charge in [0.25, 0.3) is 5.56 Å². The van der Waals surface area contributed by atoms with Crippen molar-refractivity contribution in [2.24, 2.45) is 0 Å². The molecule has 0 spiro atoms. The van der Waals surface area contributed by atoms with Crippen LogP contribution in [0, 0.1) is 0 Å². The Balaban J connectivity index is 1.56. The van der Waals surface area contributed by atoms with Gasteiger partial charge in [-0.3, -0.25) is 9.36 Å². The lowest BCUT2D eigenvalue weighted by Crippen LogP contribution is -2.43. The molecule has 45 heavy (non-hydrogen) atoms. The van der Waals surface area contributed by atoms with Crippen molar-refractivity contribution in [3.63, 3.8) is 0 Å². The molecule has 0 amide bonds. The van der Waals surface area contributed by atoms with Gasteiger partial charge in [0, 0.05) is 6.20 Å². The second-order valence-corrected chi connectivity index (χ2v) is 10.0. The maximum absolute atomic E-state index is 13.4. The van der Waals surface area contributed by atoms with Crippen molar-refractivity contribution in [2.75, 3.05) is 13.7 Å². The lowest BCUT2D eigenvalue weighted by Gasteiger charge is -2.25. The molecule has 1 aromatic heterocycles. The van der Waals surface area contributed by atoms with Crippen LogP contribution in [-0.4, -0.2) is 65.5 Å². The highest BCUT2D eigenvalue weighted by Crippen LogP contribution is 2.35. The first-order valence-corrected chi connectivity index (χ1v) is 13.9. The van der Waals surface area contributed by atoms with Gasteiger partial charge in [-0.1, -0.05) is 66.2 Å². The summed E-state index contributed by atoms with van der Waals surface area (Å²) >= 11 is 6.16. The molecule has 1 fully saturated rings. The maximum Gasteiger partial charge on any atom is 0.362 e. The monoisotopic (exact) mass is 632 g/mol. The van der Waals surface area contributed by atoms with Crippen LogP contribution in [0.3, 0.4) is 0 Å². The van der Waals surface area contributed by atoms with Gasteiger partial charge in [0.05, 0.1) is 23.8 Å². The third-order valence-electron chi connectivity index (χ3n) is 6.73. The molecule has 230 valence electrons.